The summed E-state index contributed by atoms with van der Waals surface area (Å²) in [5.41, 5.74) is 2.41. The van der Waals surface area contributed by atoms with Gasteiger partial charge >= 0.3 is 0 Å². The molecule has 0 radical (unpaired) electrons. The van der Waals surface area contributed by atoms with E-state index in [2.05, 4.69) is 17.1 Å². The van der Waals surface area contributed by atoms with Crippen LogP contribution in [0, 0.1) is 5.82 Å². The highest BCUT2D eigenvalue weighted by Crippen LogP contribution is 2.21. The van der Waals surface area contributed by atoms with Gasteiger partial charge in [-0.25, -0.2) is 4.39 Å². The molecule has 0 spiro atoms. The average molecular weight is 381 g/mol. The van der Waals surface area contributed by atoms with Crippen molar-refractivity contribution >= 4 is 11.6 Å². The Labute approximate surface area is 164 Å². The summed E-state index contributed by atoms with van der Waals surface area (Å²) in [6.45, 7) is 4.79. The highest BCUT2D eigenvalue weighted by molar-refractivity contribution is 5.93. The van der Waals surface area contributed by atoms with E-state index in [0.29, 0.717) is 18.9 Å². The number of carbonyl (C=O) groups excluding carboxylic acids is 1. The van der Waals surface area contributed by atoms with Crippen LogP contribution < -0.4 is 4.90 Å². The Morgan fingerprint density at radius 1 is 1.11 bits per heavy atom. The first kappa shape index (κ1) is 19.7. The summed E-state index contributed by atoms with van der Waals surface area (Å²) in [6, 6.07) is 14.3. The molecular weight excluding hydrogens is 357 g/mol. The average Bonchev–Trinajstić information content (AvgIpc) is 3.19. The highest BCUT2D eigenvalue weighted by Gasteiger charge is 2.18. The van der Waals surface area contributed by atoms with Crippen molar-refractivity contribution in [3.8, 4) is 11.4 Å². The second kappa shape index (κ2) is 9.26. The van der Waals surface area contributed by atoms with Crippen LogP contribution in [0.4, 0.5) is 10.1 Å². The number of carbonyl (C=O) groups is 1. The van der Waals surface area contributed by atoms with Crippen LogP contribution >= 0.6 is 0 Å². The number of amides is 1. The van der Waals surface area contributed by atoms with Gasteiger partial charge in [-0.2, -0.15) is 4.98 Å². The number of hydrogen-bond acceptors (Lipinski definition) is 4. The van der Waals surface area contributed by atoms with E-state index in [4.69, 9.17) is 4.52 Å². The molecule has 0 aliphatic carbocycles. The number of aryl methyl sites for hydroxylation is 2. The fourth-order valence-corrected chi connectivity index (χ4v) is 2.99. The fourth-order valence-electron chi connectivity index (χ4n) is 2.99. The van der Waals surface area contributed by atoms with Crippen LogP contribution in [0.25, 0.3) is 11.4 Å². The second-order valence-electron chi connectivity index (χ2n) is 6.56. The summed E-state index contributed by atoms with van der Waals surface area (Å²) in [5.74, 6) is 0.109. The van der Waals surface area contributed by atoms with Crippen molar-refractivity contribution in [3.63, 3.8) is 0 Å². The van der Waals surface area contributed by atoms with Gasteiger partial charge in [-0.05, 0) is 42.7 Å². The summed E-state index contributed by atoms with van der Waals surface area (Å²) in [5, 5.41) is 3.83. The molecule has 1 amide bonds. The lowest BCUT2D eigenvalue weighted by molar-refractivity contribution is -0.118. The number of aromatic nitrogens is 2. The first-order valence-corrected chi connectivity index (χ1v) is 9.59. The molecule has 0 bridgehead atoms. The van der Waals surface area contributed by atoms with Gasteiger partial charge in [0.1, 0.15) is 5.82 Å². The molecule has 2 aromatic carbocycles. The number of benzene rings is 2. The zero-order chi connectivity index (χ0) is 19.9. The lowest BCUT2D eigenvalue weighted by Crippen LogP contribution is -2.31. The van der Waals surface area contributed by atoms with Gasteiger partial charge in [-0.15, -0.1) is 0 Å². The monoisotopic (exact) mass is 381 g/mol. The van der Waals surface area contributed by atoms with Crippen molar-refractivity contribution in [1.82, 2.24) is 10.1 Å². The van der Waals surface area contributed by atoms with Gasteiger partial charge in [-0.3, -0.25) is 4.79 Å². The Morgan fingerprint density at radius 2 is 1.86 bits per heavy atom. The Morgan fingerprint density at radius 3 is 2.54 bits per heavy atom. The van der Waals surface area contributed by atoms with Crippen molar-refractivity contribution in [2.75, 3.05) is 11.4 Å². The number of hydrogen-bond donors (Lipinski definition) is 0. The van der Waals surface area contributed by atoms with E-state index in [-0.39, 0.29) is 23.7 Å². The van der Waals surface area contributed by atoms with Crippen LogP contribution in [-0.4, -0.2) is 22.6 Å². The van der Waals surface area contributed by atoms with Crippen molar-refractivity contribution in [2.45, 2.75) is 39.5 Å². The largest absolute Gasteiger partial charge is 0.339 e. The topological polar surface area (TPSA) is 59.2 Å². The number of nitrogens with zero attached hydrogens (tertiary/aromatic N) is 3. The molecule has 146 valence electrons. The number of anilines is 1. The molecule has 0 aliphatic heterocycles. The molecule has 3 rings (SSSR count). The molecular formula is C22H24FN3O2. The quantitative estimate of drug-likeness (QED) is 0.562. The Balaban J connectivity index is 1.67. The normalized spacial score (nSPS) is 10.8. The van der Waals surface area contributed by atoms with Gasteiger partial charge in [0.05, 0.1) is 5.56 Å². The molecule has 6 heteroatoms. The lowest BCUT2D eigenvalue weighted by atomic mass is 10.1. The van der Waals surface area contributed by atoms with Crippen LogP contribution in [0.3, 0.4) is 0 Å². The van der Waals surface area contributed by atoms with Crippen LogP contribution in [0.15, 0.2) is 53.1 Å². The third kappa shape index (κ3) is 4.63. The van der Waals surface area contributed by atoms with Crippen molar-refractivity contribution in [2.24, 2.45) is 0 Å². The van der Waals surface area contributed by atoms with Gasteiger partial charge in [0.25, 0.3) is 0 Å². The predicted molar refractivity (Wildman–Crippen MR) is 106 cm³/mol. The first-order chi connectivity index (χ1) is 13.6. The molecule has 0 fully saturated rings. The number of halogens is 1. The molecule has 0 N–H and O–H groups in total. The second-order valence-corrected chi connectivity index (χ2v) is 6.56. The summed E-state index contributed by atoms with van der Waals surface area (Å²) in [4.78, 5) is 18.8. The molecule has 1 aromatic heterocycles. The molecule has 0 atom stereocenters. The molecule has 0 saturated carbocycles. The van der Waals surface area contributed by atoms with Gasteiger partial charge in [-0.1, -0.05) is 43.3 Å². The van der Waals surface area contributed by atoms with Gasteiger partial charge in [0.15, 0.2) is 0 Å². The van der Waals surface area contributed by atoms with Crippen LogP contribution in [0.1, 0.15) is 38.1 Å². The molecule has 1 heterocycles. The van der Waals surface area contributed by atoms with E-state index in [1.165, 1.54) is 11.6 Å². The van der Waals surface area contributed by atoms with E-state index in [1.807, 2.05) is 31.2 Å². The summed E-state index contributed by atoms with van der Waals surface area (Å²) in [7, 11) is 0. The minimum atomic E-state index is -0.407. The maximum atomic E-state index is 13.8. The van der Waals surface area contributed by atoms with Crippen LogP contribution in [-0.2, 0) is 17.6 Å². The minimum absolute atomic E-state index is 0.00302. The van der Waals surface area contributed by atoms with E-state index < -0.39 is 5.82 Å². The molecule has 0 unspecified atom stereocenters. The fraction of sp³-hybridized carbons (Fsp3) is 0.318. The van der Waals surface area contributed by atoms with E-state index >= 15 is 0 Å². The maximum absolute atomic E-state index is 13.8. The standard InChI is InChI=1S/C22H24FN3O2/c1-3-15-26(17-11-9-16(4-2)10-12-17)21(27)14-13-20-24-22(25-28-20)18-7-5-6-8-19(18)23/h5-12H,3-4,13-15H2,1-2H3. The third-order valence-corrected chi connectivity index (χ3v) is 4.54. The van der Waals surface area contributed by atoms with Gasteiger partial charge < -0.3 is 9.42 Å². The molecule has 28 heavy (non-hydrogen) atoms. The highest BCUT2D eigenvalue weighted by atomic mass is 19.1. The van der Waals surface area contributed by atoms with E-state index in [0.717, 1.165) is 18.5 Å². The summed E-state index contributed by atoms with van der Waals surface area (Å²) < 4.78 is 19.1. The molecule has 0 aliphatic rings. The van der Waals surface area contributed by atoms with Crippen LogP contribution in [0.5, 0.6) is 0 Å². The molecule has 3 aromatic rings. The van der Waals surface area contributed by atoms with Crippen molar-refractivity contribution in [1.29, 1.82) is 0 Å². The molecule has 5 nitrogen and oxygen atoms in total. The first-order valence-electron chi connectivity index (χ1n) is 9.59. The Kier molecular flexibility index (Phi) is 6.53. The van der Waals surface area contributed by atoms with E-state index in [1.54, 1.807) is 23.1 Å². The Bertz CT molecular complexity index is 922. The predicted octanol–water partition coefficient (Wildman–Crippen LogP) is 4.81. The zero-order valence-electron chi connectivity index (χ0n) is 16.2. The smallest absolute Gasteiger partial charge is 0.227 e. The van der Waals surface area contributed by atoms with Crippen molar-refractivity contribution < 1.29 is 13.7 Å². The minimum Gasteiger partial charge on any atom is -0.339 e. The maximum Gasteiger partial charge on any atom is 0.227 e. The Hall–Kier alpha value is -3.02. The number of rotatable bonds is 8. The van der Waals surface area contributed by atoms with Crippen molar-refractivity contribution in [3.05, 3.63) is 65.8 Å². The summed E-state index contributed by atoms with van der Waals surface area (Å²) >= 11 is 0. The zero-order valence-corrected chi connectivity index (χ0v) is 16.2. The third-order valence-electron chi connectivity index (χ3n) is 4.54. The lowest BCUT2D eigenvalue weighted by Gasteiger charge is -2.22. The summed E-state index contributed by atoms with van der Waals surface area (Å²) in [6.07, 6.45) is 2.38. The van der Waals surface area contributed by atoms with Gasteiger partial charge in [0.2, 0.25) is 17.6 Å². The van der Waals surface area contributed by atoms with Crippen LogP contribution in [0.2, 0.25) is 0 Å². The van der Waals surface area contributed by atoms with E-state index in [9.17, 15) is 9.18 Å². The van der Waals surface area contributed by atoms with Gasteiger partial charge in [0, 0.05) is 25.1 Å². The molecule has 0 saturated heterocycles. The SMILES string of the molecule is CCCN(C(=O)CCc1nc(-c2ccccc2F)no1)c1ccc(CC)cc1.